The molecule has 0 radical (unpaired) electrons. The number of likely N-dealkylation sites (N-methyl/N-ethyl adjacent to an activating group) is 1. The number of para-hydroxylation sites is 1. The highest BCUT2D eigenvalue weighted by Crippen LogP contribution is 2.36. The molecule has 7 rings (SSSR count). The molecule has 286 valence electrons. The van der Waals surface area contributed by atoms with Crippen molar-refractivity contribution >= 4 is 40.2 Å². The van der Waals surface area contributed by atoms with Gasteiger partial charge in [-0.1, -0.05) is 43.3 Å². The van der Waals surface area contributed by atoms with Crippen molar-refractivity contribution in [2.24, 2.45) is 0 Å². The van der Waals surface area contributed by atoms with E-state index in [2.05, 4.69) is 20.3 Å². The number of carbonyl (C=O) groups is 3. The SMILES string of the molecule is CC[C@@H](c1nc2cc(-c3cnc(-c4cccc5[nH]c([C@@H]6CCCN6C(=O)OC(C)(C)C)nc45)o3)ccc2[nH]1)N(CC)C(=O)[C@H](NC(=O)OC)c1ccccc1. The number of hydrogen-bond acceptors (Lipinski definition) is 9. The summed E-state index contributed by atoms with van der Waals surface area (Å²) in [7, 11) is 1.27. The number of nitrogens with one attached hydrogen (secondary N) is 3. The number of alkyl carbamates (subject to hydrolysis) is 1. The third-order valence-electron chi connectivity index (χ3n) is 9.78. The lowest BCUT2D eigenvalue weighted by Gasteiger charge is -2.32. The van der Waals surface area contributed by atoms with E-state index in [-0.39, 0.29) is 18.0 Å². The first-order valence-corrected chi connectivity index (χ1v) is 18.6. The molecular weight excluding hydrogens is 701 g/mol. The lowest BCUT2D eigenvalue weighted by molar-refractivity contribution is -0.136. The monoisotopic (exact) mass is 746 g/mol. The summed E-state index contributed by atoms with van der Waals surface area (Å²) in [6.45, 7) is 10.5. The number of rotatable bonds is 10. The van der Waals surface area contributed by atoms with Gasteiger partial charge in [-0.15, -0.1) is 0 Å². The predicted octanol–water partition coefficient (Wildman–Crippen LogP) is 8.23. The van der Waals surface area contributed by atoms with Crippen molar-refractivity contribution in [2.45, 2.75) is 77.6 Å². The Hall–Kier alpha value is -6.18. The van der Waals surface area contributed by atoms with E-state index in [0.29, 0.717) is 59.4 Å². The molecule has 3 atom stereocenters. The van der Waals surface area contributed by atoms with E-state index >= 15 is 0 Å². The van der Waals surface area contributed by atoms with Gasteiger partial charge in [0.05, 0.1) is 47.5 Å². The van der Waals surface area contributed by atoms with Gasteiger partial charge in [0.2, 0.25) is 5.89 Å². The summed E-state index contributed by atoms with van der Waals surface area (Å²) in [5, 5.41) is 2.71. The third-order valence-corrected chi connectivity index (χ3v) is 9.78. The van der Waals surface area contributed by atoms with Gasteiger partial charge in [0.15, 0.2) is 5.76 Å². The lowest BCUT2D eigenvalue weighted by atomic mass is 10.0. The van der Waals surface area contributed by atoms with Gasteiger partial charge in [-0.3, -0.25) is 9.69 Å². The molecule has 0 bridgehead atoms. The summed E-state index contributed by atoms with van der Waals surface area (Å²) in [6.07, 6.45) is 2.86. The van der Waals surface area contributed by atoms with E-state index in [4.69, 9.17) is 23.9 Å². The molecule has 1 aliphatic heterocycles. The van der Waals surface area contributed by atoms with E-state index in [0.717, 1.165) is 35.0 Å². The summed E-state index contributed by atoms with van der Waals surface area (Å²) in [4.78, 5) is 64.2. The fraction of sp³-hybridized carbons (Fsp3) is 0.366. The summed E-state index contributed by atoms with van der Waals surface area (Å²) < 4.78 is 16.9. The van der Waals surface area contributed by atoms with Gasteiger partial charge in [0.25, 0.3) is 5.91 Å². The standard InChI is InChI=1S/C41H46N8O6/c1-7-30(48(8-2)38(50)33(47-39(51)53-6)24-14-10-9-11-15-24)35-43-27-20-19-25(22-29(27)45-35)32-23-42-37(54-32)26-16-12-17-28-34(26)46-36(44-28)31-18-13-21-49(31)40(52)55-41(3,4)5/h9-12,14-17,19-20,22-23,30-31,33H,7-8,13,18,21H2,1-6H3,(H,43,45)(H,44,46)(H,47,51)/t30-,31-,33+/m0/s1. The van der Waals surface area contributed by atoms with E-state index < -0.39 is 23.8 Å². The topological polar surface area (TPSA) is 172 Å². The largest absolute Gasteiger partial charge is 0.453 e. The summed E-state index contributed by atoms with van der Waals surface area (Å²) >= 11 is 0. The Morgan fingerprint density at radius 2 is 1.82 bits per heavy atom. The van der Waals surface area contributed by atoms with Gasteiger partial charge < -0.3 is 34.1 Å². The van der Waals surface area contributed by atoms with Gasteiger partial charge in [-0.25, -0.2) is 24.5 Å². The maximum atomic E-state index is 14.1. The zero-order valence-corrected chi connectivity index (χ0v) is 31.9. The van der Waals surface area contributed by atoms with Gasteiger partial charge in [-0.05, 0) is 82.9 Å². The number of hydrogen-bond donors (Lipinski definition) is 3. The summed E-state index contributed by atoms with van der Waals surface area (Å²) in [5.41, 5.74) is 4.57. The summed E-state index contributed by atoms with van der Waals surface area (Å²) in [6, 6.07) is 19.1. The third kappa shape index (κ3) is 7.62. The van der Waals surface area contributed by atoms with E-state index in [1.54, 1.807) is 28.1 Å². The predicted molar refractivity (Wildman–Crippen MR) is 207 cm³/mol. The zero-order valence-electron chi connectivity index (χ0n) is 31.9. The number of benzene rings is 3. The molecular formula is C41H46N8O6. The average Bonchev–Trinajstić information content (AvgIpc) is 4.00. The average molecular weight is 747 g/mol. The number of likely N-dealkylation sites (tertiary alicyclic amines) is 1. The number of fused-ring (bicyclic) bond motifs is 2. The number of nitrogens with zero attached hydrogens (tertiary/aromatic N) is 5. The molecule has 6 aromatic rings. The molecule has 55 heavy (non-hydrogen) atoms. The second-order valence-corrected chi connectivity index (χ2v) is 14.6. The summed E-state index contributed by atoms with van der Waals surface area (Å²) in [5.74, 6) is 2.01. The molecule has 14 heteroatoms. The molecule has 3 aromatic carbocycles. The minimum absolute atomic E-state index is 0.225. The van der Waals surface area contributed by atoms with Gasteiger partial charge in [-0.2, -0.15) is 0 Å². The molecule has 4 heterocycles. The minimum Gasteiger partial charge on any atom is -0.453 e. The zero-order chi connectivity index (χ0) is 38.9. The Bertz CT molecular complexity index is 2320. The number of carbonyl (C=O) groups excluding carboxylic acids is 3. The Morgan fingerprint density at radius 3 is 2.55 bits per heavy atom. The van der Waals surface area contributed by atoms with Crippen LogP contribution in [-0.4, -0.2) is 78.6 Å². The van der Waals surface area contributed by atoms with Crippen LogP contribution in [0.15, 0.2) is 77.3 Å². The van der Waals surface area contributed by atoms with Gasteiger partial charge in [0, 0.05) is 18.7 Å². The Kier molecular flexibility index (Phi) is 10.3. The van der Waals surface area contributed by atoms with Crippen LogP contribution < -0.4 is 5.32 Å². The van der Waals surface area contributed by atoms with Gasteiger partial charge in [0.1, 0.15) is 28.8 Å². The molecule has 0 saturated carbocycles. The second-order valence-electron chi connectivity index (χ2n) is 14.6. The van der Waals surface area contributed by atoms with Crippen molar-refractivity contribution in [2.75, 3.05) is 20.2 Å². The fourth-order valence-corrected chi connectivity index (χ4v) is 7.21. The Morgan fingerprint density at radius 1 is 1.02 bits per heavy atom. The molecule has 0 spiro atoms. The highest BCUT2D eigenvalue weighted by atomic mass is 16.6. The van der Waals surface area contributed by atoms with Crippen LogP contribution in [0.4, 0.5) is 9.59 Å². The van der Waals surface area contributed by atoms with E-state index in [1.165, 1.54) is 7.11 Å². The lowest BCUT2D eigenvalue weighted by Crippen LogP contribution is -2.44. The van der Waals surface area contributed by atoms with Crippen LogP contribution in [0.25, 0.3) is 44.8 Å². The van der Waals surface area contributed by atoms with Crippen LogP contribution in [0.1, 0.15) is 89.2 Å². The first kappa shape index (κ1) is 37.1. The van der Waals surface area contributed by atoms with Crippen LogP contribution in [-0.2, 0) is 14.3 Å². The van der Waals surface area contributed by atoms with Crippen molar-refractivity contribution in [3.05, 3.63) is 90.1 Å². The van der Waals surface area contributed by atoms with Crippen molar-refractivity contribution in [3.63, 3.8) is 0 Å². The minimum atomic E-state index is -0.937. The second kappa shape index (κ2) is 15.3. The van der Waals surface area contributed by atoms with Gasteiger partial charge >= 0.3 is 12.2 Å². The first-order valence-electron chi connectivity index (χ1n) is 18.6. The van der Waals surface area contributed by atoms with Crippen LogP contribution in [0.3, 0.4) is 0 Å². The molecule has 14 nitrogen and oxygen atoms in total. The maximum Gasteiger partial charge on any atom is 0.410 e. The number of ether oxygens (including phenoxy) is 2. The number of aromatic nitrogens is 5. The van der Waals surface area contributed by atoms with Crippen LogP contribution >= 0.6 is 0 Å². The van der Waals surface area contributed by atoms with E-state index in [9.17, 15) is 14.4 Å². The molecule has 1 aliphatic rings. The Labute approximate surface area is 318 Å². The van der Waals surface area contributed by atoms with Crippen LogP contribution in [0, 0.1) is 0 Å². The molecule has 3 amide bonds. The number of imidazole rings is 2. The van der Waals surface area contributed by atoms with Crippen molar-refractivity contribution in [1.82, 2.24) is 40.0 Å². The smallest absolute Gasteiger partial charge is 0.410 e. The highest BCUT2D eigenvalue weighted by Gasteiger charge is 2.36. The van der Waals surface area contributed by atoms with Crippen LogP contribution in [0.2, 0.25) is 0 Å². The molecule has 1 saturated heterocycles. The Balaban J connectivity index is 1.14. The number of aromatic amines is 2. The highest BCUT2D eigenvalue weighted by molar-refractivity contribution is 5.90. The number of H-pyrrole nitrogens is 2. The van der Waals surface area contributed by atoms with E-state index in [1.807, 2.05) is 89.2 Å². The molecule has 3 aromatic heterocycles. The van der Waals surface area contributed by atoms with Crippen LogP contribution in [0.5, 0.6) is 0 Å². The number of amides is 3. The molecule has 3 N–H and O–H groups in total. The first-order chi connectivity index (χ1) is 26.5. The van der Waals surface area contributed by atoms with Crippen molar-refractivity contribution < 1.29 is 28.3 Å². The molecule has 1 fully saturated rings. The molecule has 0 unspecified atom stereocenters. The number of oxazole rings is 1. The maximum absolute atomic E-state index is 14.1. The molecule has 0 aliphatic carbocycles. The normalized spacial score (nSPS) is 15.6. The van der Waals surface area contributed by atoms with Crippen molar-refractivity contribution in [3.8, 4) is 22.8 Å². The number of methoxy groups -OCH3 is 1. The quantitative estimate of drug-likeness (QED) is 0.125. The van der Waals surface area contributed by atoms with Crippen molar-refractivity contribution in [1.29, 1.82) is 0 Å². The fourth-order valence-electron chi connectivity index (χ4n) is 7.21.